The molecule has 0 unspecified atom stereocenters. The summed E-state index contributed by atoms with van der Waals surface area (Å²) in [6, 6.07) is 15.2. The summed E-state index contributed by atoms with van der Waals surface area (Å²) in [5.41, 5.74) is 0.965. The lowest BCUT2D eigenvalue weighted by Gasteiger charge is -2.34. The maximum Gasteiger partial charge on any atom is 0.289 e. The van der Waals surface area contributed by atoms with Gasteiger partial charge in [-0.2, -0.15) is 0 Å². The van der Waals surface area contributed by atoms with Crippen molar-refractivity contribution in [3.05, 3.63) is 66.7 Å². The molecule has 1 aliphatic rings. The number of nitrogens with zero attached hydrogens (tertiary/aromatic N) is 4. The molecule has 1 aliphatic heterocycles. The molecule has 0 bridgehead atoms. The van der Waals surface area contributed by atoms with Crippen LogP contribution in [0.3, 0.4) is 0 Å². The predicted molar refractivity (Wildman–Crippen MR) is 94.3 cm³/mol. The minimum absolute atomic E-state index is 0.0733. The van der Waals surface area contributed by atoms with Crippen molar-refractivity contribution in [2.75, 3.05) is 31.1 Å². The van der Waals surface area contributed by atoms with Gasteiger partial charge in [0.1, 0.15) is 5.76 Å². The van der Waals surface area contributed by atoms with Crippen LogP contribution in [-0.2, 0) is 0 Å². The molecule has 4 rings (SSSR count). The molecule has 3 aromatic rings. The van der Waals surface area contributed by atoms with E-state index in [4.69, 9.17) is 4.42 Å². The van der Waals surface area contributed by atoms with Crippen molar-refractivity contribution in [2.24, 2.45) is 0 Å². The monoisotopic (exact) mass is 334 g/mol. The van der Waals surface area contributed by atoms with E-state index >= 15 is 0 Å². The Hall–Kier alpha value is -3.15. The average molecular weight is 334 g/mol. The van der Waals surface area contributed by atoms with Gasteiger partial charge in [0.05, 0.1) is 0 Å². The molecule has 1 amide bonds. The summed E-state index contributed by atoms with van der Waals surface area (Å²) in [4.78, 5) is 25.1. The topological polar surface area (TPSA) is 62.5 Å². The molecule has 126 valence electrons. The van der Waals surface area contributed by atoms with E-state index in [2.05, 4.69) is 14.9 Å². The van der Waals surface area contributed by atoms with E-state index in [1.807, 2.05) is 41.3 Å². The molecule has 0 aliphatic carbocycles. The fourth-order valence-electron chi connectivity index (χ4n) is 2.93. The van der Waals surface area contributed by atoms with Crippen molar-refractivity contribution in [3.8, 4) is 11.3 Å². The van der Waals surface area contributed by atoms with Crippen molar-refractivity contribution in [2.45, 2.75) is 0 Å². The molecular formula is C19H18N4O2. The summed E-state index contributed by atoms with van der Waals surface area (Å²) < 4.78 is 5.77. The van der Waals surface area contributed by atoms with Gasteiger partial charge in [0, 0.05) is 44.1 Å². The quantitative estimate of drug-likeness (QED) is 0.737. The Morgan fingerprint density at radius 3 is 2.32 bits per heavy atom. The molecule has 0 spiro atoms. The molecule has 6 heteroatoms. The van der Waals surface area contributed by atoms with Gasteiger partial charge in [-0.3, -0.25) is 4.79 Å². The van der Waals surface area contributed by atoms with Crippen LogP contribution in [0.15, 0.2) is 65.3 Å². The number of hydrogen-bond acceptors (Lipinski definition) is 5. The normalized spacial score (nSPS) is 14.6. The number of rotatable bonds is 3. The van der Waals surface area contributed by atoms with E-state index in [1.54, 1.807) is 24.5 Å². The molecule has 0 atom stereocenters. The molecule has 3 heterocycles. The smallest absolute Gasteiger partial charge is 0.289 e. The van der Waals surface area contributed by atoms with E-state index in [-0.39, 0.29) is 5.91 Å². The predicted octanol–water partition coefficient (Wildman–Crippen LogP) is 2.70. The van der Waals surface area contributed by atoms with Crippen LogP contribution in [0.1, 0.15) is 10.6 Å². The molecule has 0 N–H and O–H groups in total. The van der Waals surface area contributed by atoms with Crippen molar-refractivity contribution in [3.63, 3.8) is 0 Å². The van der Waals surface area contributed by atoms with Crippen molar-refractivity contribution < 1.29 is 9.21 Å². The van der Waals surface area contributed by atoms with Crippen LogP contribution in [0.25, 0.3) is 11.3 Å². The van der Waals surface area contributed by atoms with Crippen LogP contribution in [0.4, 0.5) is 5.95 Å². The van der Waals surface area contributed by atoms with Crippen LogP contribution in [0.2, 0.25) is 0 Å². The first-order valence-electron chi connectivity index (χ1n) is 8.28. The molecule has 1 aromatic carbocycles. The lowest BCUT2D eigenvalue weighted by Crippen LogP contribution is -2.49. The maximum absolute atomic E-state index is 12.7. The number of piperazine rings is 1. The van der Waals surface area contributed by atoms with Crippen LogP contribution in [-0.4, -0.2) is 47.0 Å². The number of amides is 1. The Kier molecular flexibility index (Phi) is 4.16. The number of furan rings is 1. The number of hydrogen-bond donors (Lipinski definition) is 0. The lowest BCUT2D eigenvalue weighted by molar-refractivity contribution is 0.0715. The van der Waals surface area contributed by atoms with Gasteiger partial charge >= 0.3 is 0 Å². The summed E-state index contributed by atoms with van der Waals surface area (Å²) in [7, 11) is 0. The minimum atomic E-state index is -0.0733. The van der Waals surface area contributed by atoms with Crippen LogP contribution in [0.5, 0.6) is 0 Å². The third-order valence-electron chi connectivity index (χ3n) is 4.28. The lowest BCUT2D eigenvalue weighted by atomic mass is 10.2. The number of carbonyl (C=O) groups is 1. The van der Waals surface area contributed by atoms with Gasteiger partial charge in [-0.15, -0.1) is 0 Å². The highest BCUT2D eigenvalue weighted by atomic mass is 16.4. The van der Waals surface area contributed by atoms with E-state index in [0.717, 1.165) is 5.56 Å². The van der Waals surface area contributed by atoms with Crippen LogP contribution >= 0.6 is 0 Å². The molecule has 2 aromatic heterocycles. The molecular weight excluding hydrogens is 316 g/mol. The largest absolute Gasteiger partial charge is 0.451 e. The Morgan fingerprint density at radius 1 is 0.880 bits per heavy atom. The molecule has 1 fully saturated rings. The molecule has 0 saturated carbocycles. The van der Waals surface area contributed by atoms with E-state index in [9.17, 15) is 4.79 Å². The van der Waals surface area contributed by atoms with Gasteiger partial charge < -0.3 is 14.2 Å². The number of anilines is 1. The van der Waals surface area contributed by atoms with Gasteiger partial charge in [-0.05, 0) is 18.2 Å². The Balaban J connectivity index is 1.42. The van der Waals surface area contributed by atoms with Gasteiger partial charge in [0.25, 0.3) is 5.91 Å². The second-order valence-electron chi connectivity index (χ2n) is 5.86. The SMILES string of the molecule is O=C(c1ccc(-c2ccccc2)o1)N1CCN(c2ncccn2)CC1. The summed E-state index contributed by atoms with van der Waals surface area (Å²) in [6.45, 7) is 2.67. The second-order valence-corrected chi connectivity index (χ2v) is 5.86. The van der Waals surface area contributed by atoms with Crippen LogP contribution < -0.4 is 4.90 Å². The van der Waals surface area contributed by atoms with Crippen molar-refractivity contribution >= 4 is 11.9 Å². The Bertz CT molecular complexity index is 840. The molecule has 1 saturated heterocycles. The fraction of sp³-hybridized carbons (Fsp3) is 0.211. The zero-order valence-corrected chi connectivity index (χ0v) is 13.7. The fourth-order valence-corrected chi connectivity index (χ4v) is 2.93. The highest BCUT2D eigenvalue weighted by Crippen LogP contribution is 2.23. The third kappa shape index (κ3) is 3.24. The zero-order valence-electron chi connectivity index (χ0n) is 13.7. The number of aromatic nitrogens is 2. The maximum atomic E-state index is 12.7. The number of carbonyl (C=O) groups excluding carboxylic acids is 1. The van der Waals surface area contributed by atoms with Gasteiger partial charge in [-0.25, -0.2) is 9.97 Å². The molecule has 25 heavy (non-hydrogen) atoms. The van der Waals surface area contributed by atoms with Gasteiger partial charge in [-0.1, -0.05) is 30.3 Å². The van der Waals surface area contributed by atoms with E-state index in [0.29, 0.717) is 43.6 Å². The summed E-state index contributed by atoms with van der Waals surface area (Å²) in [6.07, 6.45) is 3.46. The highest BCUT2D eigenvalue weighted by Gasteiger charge is 2.25. The minimum Gasteiger partial charge on any atom is -0.451 e. The summed E-state index contributed by atoms with van der Waals surface area (Å²) in [5, 5.41) is 0. The molecule has 0 radical (unpaired) electrons. The molecule has 6 nitrogen and oxygen atoms in total. The van der Waals surface area contributed by atoms with Gasteiger partial charge in [0.2, 0.25) is 5.95 Å². The average Bonchev–Trinajstić information content (AvgIpc) is 3.19. The van der Waals surface area contributed by atoms with Crippen molar-refractivity contribution in [1.29, 1.82) is 0 Å². The first-order chi connectivity index (χ1) is 12.3. The van der Waals surface area contributed by atoms with Crippen LogP contribution in [0, 0.1) is 0 Å². The first-order valence-corrected chi connectivity index (χ1v) is 8.28. The Labute approximate surface area is 145 Å². The number of benzene rings is 1. The summed E-state index contributed by atoms with van der Waals surface area (Å²) in [5.74, 6) is 1.72. The van der Waals surface area contributed by atoms with E-state index in [1.165, 1.54) is 0 Å². The Morgan fingerprint density at radius 2 is 1.60 bits per heavy atom. The second kappa shape index (κ2) is 6.76. The van der Waals surface area contributed by atoms with Gasteiger partial charge in [0.15, 0.2) is 5.76 Å². The first kappa shape index (κ1) is 15.4. The standard InChI is InChI=1S/C19H18N4O2/c24-18(17-8-7-16(25-17)15-5-2-1-3-6-15)22-11-13-23(14-12-22)19-20-9-4-10-21-19/h1-10H,11-14H2. The van der Waals surface area contributed by atoms with E-state index < -0.39 is 0 Å². The highest BCUT2D eigenvalue weighted by molar-refractivity contribution is 5.92. The summed E-state index contributed by atoms with van der Waals surface area (Å²) >= 11 is 0. The third-order valence-corrected chi connectivity index (χ3v) is 4.28. The zero-order chi connectivity index (χ0) is 17.1. The van der Waals surface area contributed by atoms with Crippen molar-refractivity contribution in [1.82, 2.24) is 14.9 Å².